The molecule has 0 aliphatic heterocycles. The summed E-state index contributed by atoms with van der Waals surface area (Å²) in [6.07, 6.45) is 4.34. The van der Waals surface area contributed by atoms with E-state index in [0.29, 0.717) is 10.0 Å². The second-order valence-electron chi connectivity index (χ2n) is 4.08. The molecule has 0 bridgehead atoms. The van der Waals surface area contributed by atoms with Crippen molar-refractivity contribution in [3.63, 3.8) is 0 Å². The SMILES string of the molecule is O=C(NOC1CCCC1)c1ccc(F)cc1Br. The Hall–Kier alpha value is -0.940. The van der Waals surface area contributed by atoms with E-state index in [9.17, 15) is 9.18 Å². The van der Waals surface area contributed by atoms with Gasteiger partial charge in [0.25, 0.3) is 5.91 Å². The topological polar surface area (TPSA) is 38.3 Å². The van der Waals surface area contributed by atoms with Crippen molar-refractivity contribution >= 4 is 21.8 Å². The summed E-state index contributed by atoms with van der Waals surface area (Å²) in [5, 5.41) is 0. The molecule has 1 aromatic rings. The summed E-state index contributed by atoms with van der Waals surface area (Å²) in [6.45, 7) is 0. The van der Waals surface area contributed by atoms with E-state index < -0.39 is 0 Å². The molecule has 1 saturated carbocycles. The number of amides is 1. The normalized spacial score (nSPS) is 16.1. The maximum absolute atomic E-state index is 12.8. The monoisotopic (exact) mass is 301 g/mol. The van der Waals surface area contributed by atoms with Crippen molar-refractivity contribution in [3.8, 4) is 0 Å². The largest absolute Gasteiger partial charge is 0.275 e. The second-order valence-corrected chi connectivity index (χ2v) is 4.93. The van der Waals surface area contributed by atoms with Gasteiger partial charge in [-0.25, -0.2) is 9.87 Å². The Morgan fingerprint density at radius 1 is 1.41 bits per heavy atom. The van der Waals surface area contributed by atoms with Crippen molar-refractivity contribution in [3.05, 3.63) is 34.1 Å². The third kappa shape index (κ3) is 3.26. The number of rotatable bonds is 3. The molecular weight excluding hydrogens is 289 g/mol. The third-order valence-corrected chi connectivity index (χ3v) is 3.45. The van der Waals surface area contributed by atoms with Crippen LogP contribution in [0.25, 0.3) is 0 Å². The van der Waals surface area contributed by atoms with Crippen LogP contribution in [0, 0.1) is 5.82 Å². The Labute approximate surface area is 107 Å². The zero-order valence-corrected chi connectivity index (χ0v) is 10.8. The average molecular weight is 302 g/mol. The highest BCUT2D eigenvalue weighted by atomic mass is 79.9. The molecule has 0 aromatic heterocycles. The van der Waals surface area contributed by atoms with E-state index in [1.54, 1.807) is 0 Å². The summed E-state index contributed by atoms with van der Waals surface area (Å²) >= 11 is 3.14. The minimum absolute atomic E-state index is 0.109. The van der Waals surface area contributed by atoms with Crippen molar-refractivity contribution < 1.29 is 14.0 Å². The summed E-state index contributed by atoms with van der Waals surface area (Å²) < 4.78 is 13.3. The van der Waals surface area contributed by atoms with Crippen molar-refractivity contribution in [1.82, 2.24) is 5.48 Å². The molecule has 92 valence electrons. The van der Waals surface area contributed by atoms with Crippen LogP contribution in [0.1, 0.15) is 36.0 Å². The summed E-state index contributed by atoms with van der Waals surface area (Å²) in [7, 11) is 0. The number of halogens is 2. The minimum Gasteiger partial charge on any atom is -0.270 e. The molecule has 1 fully saturated rings. The van der Waals surface area contributed by atoms with Crippen LogP contribution >= 0.6 is 15.9 Å². The lowest BCUT2D eigenvalue weighted by molar-refractivity contribution is -0.0125. The molecule has 17 heavy (non-hydrogen) atoms. The molecule has 1 aromatic carbocycles. The first-order chi connectivity index (χ1) is 8.16. The highest BCUT2D eigenvalue weighted by Crippen LogP contribution is 2.21. The van der Waals surface area contributed by atoms with Crippen molar-refractivity contribution in [2.75, 3.05) is 0 Å². The number of hydrogen-bond donors (Lipinski definition) is 1. The standard InChI is InChI=1S/C12H13BrFNO2/c13-11-7-8(14)5-6-10(11)12(16)15-17-9-3-1-2-4-9/h5-7,9H,1-4H2,(H,15,16). The molecular formula is C12H13BrFNO2. The molecule has 2 rings (SSSR count). The first-order valence-corrected chi connectivity index (χ1v) is 6.37. The zero-order valence-electron chi connectivity index (χ0n) is 9.21. The average Bonchev–Trinajstić information content (AvgIpc) is 2.78. The number of carbonyl (C=O) groups excluding carboxylic acids is 1. The van der Waals surface area contributed by atoms with Crippen LogP contribution in [0.3, 0.4) is 0 Å². The van der Waals surface area contributed by atoms with Gasteiger partial charge >= 0.3 is 0 Å². The fourth-order valence-corrected chi connectivity index (χ4v) is 2.40. The molecule has 3 nitrogen and oxygen atoms in total. The van der Waals surface area contributed by atoms with Crippen molar-refractivity contribution in [1.29, 1.82) is 0 Å². The molecule has 1 aliphatic rings. The van der Waals surface area contributed by atoms with Gasteiger partial charge in [-0.15, -0.1) is 0 Å². The van der Waals surface area contributed by atoms with Gasteiger partial charge in [-0.05, 0) is 47.0 Å². The minimum atomic E-state index is -0.384. The molecule has 0 heterocycles. The van der Waals surface area contributed by atoms with E-state index >= 15 is 0 Å². The Morgan fingerprint density at radius 3 is 2.76 bits per heavy atom. The second kappa shape index (κ2) is 5.60. The number of carbonyl (C=O) groups is 1. The molecule has 0 saturated heterocycles. The first kappa shape index (κ1) is 12.5. The Balaban J connectivity index is 1.94. The van der Waals surface area contributed by atoms with E-state index in [1.165, 1.54) is 18.2 Å². The highest BCUT2D eigenvalue weighted by Gasteiger charge is 2.18. The maximum Gasteiger partial charge on any atom is 0.275 e. The van der Waals surface area contributed by atoms with Gasteiger partial charge in [0.2, 0.25) is 0 Å². The van der Waals surface area contributed by atoms with E-state index in [2.05, 4.69) is 21.4 Å². The van der Waals surface area contributed by atoms with E-state index in [-0.39, 0.29) is 17.8 Å². The summed E-state index contributed by atoms with van der Waals surface area (Å²) in [5.74, 6) is -0.742. The first-order valence-electron chi connectivity index (χ1n) is 5.58. The third-order valence-electron chi connectivity index (χ3n) is 2.80. The van der Waals surface area contributed by atoms with Crippen LogP contribution in [-0.4, -0.2) is 12.0 Å². The molecule has 0 radical (unpaired) electrons. The molecule has 0 atom stereocenters. The Morgan fingerprint density at radius 2 is 2.12 bits per heavy atom. The molecule has 0 unspecified atom stereocenters. The molecule has 1 N–H and O–H groups in total. The van der Waals surface area contributed by atoms with Crippen molar-refractivity contribution in [2.45, 2.75) is 31.8 Å². The smallest absolute Gasteiger partial charge is 0.270 e. The Bertz CT molecular complexity index is 419. The van der Waals surface area contributed by atoms with Crippen LogP contribution in [0.2, 0.25) is 0 Å². The maximum atomic E-state index is 12.8. The van der Waals surface area contributed by atoms with Gasteiger partial charge in [0, 0.05) is 4.47 Å². The zero-order chi connectivity index (χ0) is 12.3. The molecule has 5 heteroatoms. The van der Waals surface area contributed by atoms with Gasteiger partial charge in [0.15, 0.2) is 0 Å². The van der Waals surface area contributed by atoms with Crippen LogP contribution in [0.15, 0.2) is 22.7 Å². The molecule has 0 spiro atoms. The fraction of sp³-hybridized carbons (Fsp3) is 0.417. The van der Waals surface area contributed by atoms with E-state index in [0.717, 1.165) is 25.7 Å². The number of benzene rings is 1. The van der Waals surface area contributed by atoms with Gasteiger partial charge in [-0.3, -0.25) is 9.63 Å². The van der Waals surface area contributed by atoms with Gasteiger partial charge in [-0.2, -0.15) is 0 Å². The number of hydroxylamine groups is 1. The van der Waals surface area contributed by atoms with Gasteiger partial charge < -0.3 is 0 Å². The summed E-state index contributed by atoms with van der Waals surface area (Å²) in [5.41, 5.74) is 2.77. The predicted molar refractivity (Wildman–Crippen MR) is 64.9 cm³/mol. The molecule has 1 aliphatic carbocycles. The lowest BCUT2D eigenvalue weighted by Crippen LogP contribution is -2.28. The van der Waals surface area contributed by atoms with Crippen LogP contribution in [-0.2, 0) is 4.84 Å². The number of hydrogen-bond acceptors (Lipinski definition) is 2. The lowest BCUT2D eigenvalue weighted by Gasteiger charge is -2.11. The van der Waals surface area contributed by atoms with E-state index in [4.69, 9.17) is 4.84 Å². The Kier molecular flexibility index (Phi) is 4.12. The lowest BCUT2D eigenvalue weighted by atomic mass is 10.2. The highest BCUT2D eigenvalue weighted by molar-refractivity contribution is 9.10. The van der Waals surface area contributed by atoms with E-state index in [1.807, 2.05) is 0 Å². The van der Waals surface area contributed by atoms with Gasteiger partial charge in [0.05, 0.1) is 11.7 Å². The fourth-order valence-electron chi connectivity index (χ4n) is 1.87. The van der Waals surface area contributed by atoms with Crippen LogP contribution < -0.4 is 5.48 Å². The van der Waals surface area contributed by atoms with Gasteiger partial charge in [0.1, 0.15) is 5.82 Å². The van der Waals surface area contributed by atoms with Gasteiger partial charge in [-0.1, -0.05) is 12.8 Å². The molecule has 1 amide bonds. The van der Waals surface area contributed by atoms with Crippen LogP contribution in [0.4, 0.5) is 4.39 Å². The summed E-state index contributed by atoms with van der Waals surface area (Å²) in [6, 6.07) is 3.92. The number of nitrogens with one attached hydrogen (secondary N) is 1. The van der Waals surface area contributed by atoms with Crippen LogP contribution in [0.5, 0.6) is 0 Å². The van der Waals surface area contributed by atoms with Crippen molar-refractivity contribution in [2.24, 2.45) is 0 Å². The predicted octanol–water partition coefficient (Wildman–Crippen LogP) is 3.19. The summed E-state index contributed by atoms with van der Waals surface area (Å²) in [4.78, 5) is 17.0. The quantitative estimate of drug-likeness (QED) is 0.871.